The minimum atomic E-state index is 1.15. The first-order chi connectivity index (χ1) is 12.9. The molecule has 2 heterocycles. The Bertz CT molecular complexity index is 1040. The molecule has 0 amide bonds. The number of benzene rings is 1. The Kier molecular flexibility index (Phi) is 6.33. The average Bonchev–Trinajstić information content (AvgIpc) is 2.66. The molecule has 0 N–H and O–H groups in total. The van der Waals surface area contributed by atoms with Gasteiger partial charge < -0.3 is 0 Å². The average molecular weight is 377 g/mol. The summed E-state index contributed by atoms with van der Waals surface area (Å²) in [5.41, 5.74) is 16.9. The number of pyridine rings is 2. The minimum absolute atomic E-state index is 1.15. The summed E-state index contributed by atoms with van der Waals surface area (Å²) in [7, 11) is 0. The molecule has 2 nitrogen and oxygen atoms in total. The molecule has 28 heavy (non-hydrogen) atoms. The molecule has 0 saturated heterocycles. The van der Waals surface area contributed by atoms with Crippen LogP contribution in [-0.4, -0.2) is 9.97 Å². The van der Waals surface area contributed by atoms with E-state index in [1.807, 2.05) is 0 Å². The van der Waals surface area contributed by atoms with Gasteiger partial charge >= 0.3 is 0 Å². The molecule has 0 atom stereocenters. The molecule has 3 rings (SSSR count). The van der Waals surface area contributed by atoms with Gasteiger partial charge in [-0.25, -0.2) is 0 Å². The molecule has 150 valence electrons. The number of hydrogen-bond acceptors (Lipinski definition) is 2. The number of aromatic nitrogens is 2. The van der Waals surface area contributed by atoms with E-state index in [1.54, 1.807) is 0 Å². The summed E-state index contributed by atoms with van der Waals surface area (Å²) >= 11 is 0. The molecule has 0 aliphatic heterocycles. The van der Waals surface area contributed by atoms with Gasteiger partial charge in [-0.15, -0.1) is 0 Å². The van der Waals surface area contributed by atoms with Crippen LogP contribution in [0.15, 0.2) is 0 Å². The topological polar surface area (TPSA) is 25.8 Å². The highest BCUT2D eigenvalue weighted by atomic mass is 14.7. The number of rotatable bonds is 0. The lowest BCUT2D eigenvalue weighted by molar-refractivity contribution is 1.03. The van der Waals surface area contributed by atoms with Gasteiger partial charge in [0, 0.05) is 22.5 Å². The van der Waals surface area contributed by atoms with E-state index in [0.29, 0.717) is 0 Å². The van der Waals surface area contributed by atoms with Crippen LogP contribution >= 0.6 is 0 Å². The zero-order chi connectivity index (χ0) is 21.5. The van der Waals surface area contributed by atoms with E-state index in [2.05, 4.69) is 88.1 Å². The van der Waals surface area contributed by atoms with Crippen LogP contribution in [-0.2, 0) is 0 Å². The summed E-state index contributed by atoms with van der Waals surface area (Å²) in [6.07, 6.45) is 0. The third-order valence-electron chi connectivity index (χ3n) is 6.96. The lowest BCUT2D eigenvalue weighted by atomic mass is 9.90. The molecule has 0 aliphatic carbocycles. The summed E-state index contributed by atoms with van der Waals surface area (Å²) in [6, 6.07) is 0. The molecule has 0 bridgehead atoms. The fourth-order valence-electron chi connectivity index (χ4n) is 3.84. The van der Waals surface area contributed by atoms with E-state index in [4.69, 9.17) is 4.98 Å². The van der Waals surface area contributed by atoms with E-state index >= 15 is 0 Å². The van der Waals surface area contributed by atoms with Crippen LogP contribution in [0, 0.1) is 83.1 Å². The van der Waals surface area contributed by atoms with Crippen molar-refractivity contribution in [1.82, 2.24) is 9.97 Å². The smallest absolute Gasteiger partial charge is 0.0742 e. The highest BCUT2D eigenvalue weighted by Gasteiger charge is 2.14. The van der Waals surface area contributed by atoms with E-state index in [1.165, 1.54) is 61.0 Å². The zero-order valence-electron chi connectivity index (χ0n) is 19.9. The molecule has 0 unspecified atom stereocenters. The first-order valence-corrected chi connectivity index (χ1v) is 10.1. The standard InChI is InChI=1S/C16H21N.C10H15N/c1-8-9(2)13(6)16-15(11(8)4)12(5)10(3)14(7)17-16;1-6-7(2)9(4)11-10(5)8(6)3/h1-7H3;1-5H3. The second-order valence-electron chi connectivity index (χ2n) is 8.33. The van der Waals surface area contributed by atoms with Crippen LogP contribution in [0.3, 0.4) is 0 Å². The molecule has 0 fully saturated rings. The Morgan fingerprint density at radius 2 is 0.643 bits per heavy atom. The minimum Gasteiger partial charge on any atom is -0.258 e. The van der Waals surface area contributed by atoms with Gasteiger partial charge in [-0.05, 0) is 133 Å². The van der Waals surface area contributed by atoms with Crippen molar-refractivity contribution >= 4 is 10.9 Å². The molecule has 0 radical (unpaired) electrons. The molecule has 2 heteroatoms. The highest BCUT2D eigenvalue weighted by Crippen LogP contribution is 2.32. The van der Waals surface area contributed by atoms with Crippen LogP contribution in [0.1, 0.15) is 67.2 Å². The van der Waals surface area contributed by atoms with E-state index < -0.39 is 0 Å². The van der Waals surface area contributed by atoms with Crippen LogP contribution in [0.2, 0.25) is 0 Å². The van der Waals surface area contributed by atoms with Crippen molar-refractivity contribution in [2.75, 3.05) is 0 Å². The van der Waals surface area contributed by atoms with Crippen molar-refractivity contribution < 1.29 is 0 Å². The lowest BCUT2D eigenvalue weighted by Crippen LogP contribution is -2.01. The van der Waals surface area contributed by atoms with Gasteiger partial charge in [-0.1, -0.05) is 0 Å². The maximum absolute atomic E-state index is 4.80. The molecule has 1 aromatic carbocycles. The Hall–Kier alpha value is -2.22. The van der Waals surface area contributed by atoms with Crippen molar-refractivity contribution in [3.63, 3.8) is 0 Å². The van der Waals surface area contributed by atoms with Gasteiger partial charge in [0.2, 0.25) is 0 Å². The maximum atomic E-state index is 4.80. The molecular formula is C26H36N2. The molecular weight excluding hydrogens is 340 g/mol. The maximum Gasteiger partial charge on any atom is 0.0742 e. The summed E-state index contributed by atoms with van der Waals surface area (Å²) in [4.78, 5) is 9.23. The normalized spacial score (nSPS) is 10.9. The molecule has 3 aromatic rings. The van der Waals surface area contributed by atoms with E-state index in [9.17, 15) is 0 Å². The van der Waals surface area contributed by atoms with Gasteiger partial charge in [0.05, 0.1) is 5.52 Å². The van der Waals surface area contributed by atoms with Crippen LogP contribution in [0.4, 0.5) is 0 Å². The second-order valence-corrected chi connectivity index (χ2v) is 8.33. The molecule has 0 spiro atoms. The summed E-state index contributed by atoms with van der Waals surface area (Å²) in [5.74, 6) is 0. The van der Waals surface area contributed by atoms with Crippen molar-refractivity contribution in [3.05, 3.63) is 67.2 Å². The van der Waals surface area contributed by atoms with Gasteiger partial charge in [0.15, 0.2) is 0 Å². The predicted octanol–water partition coefficient (Wildman–Crippen LogP) is 7.02. The molecule has 2 aromatic heterocycles. The Morgan fingerprint density at radius 3 is 1.14 bits per heavy atom. The van der Waals surface area contributed by atoms with Gasteiger partial charge in [-0.3, -0.25) is 9.97 Å². The van der Waals surface area contributed by atoms with Crippen molar-refractivity contribution in [1.29, 1.82) is 0 Å². The lowest BCUT2D eigenvalue weighted by Gasteiger charge is -2.17. The third-order valence-corrected chi connectivity index (χ3v) is 6.96. The van der Waals surface area contributed by atoms with Crippen molar-refractivity contribution in [2.24, 2.45) is 0 Å². The largest absolute Gasteiger partial charge is 0.258 e. The van der Waals surface area contributed by atoms with Crippen LogP contribution < -0.4 is 0 Å². The quantitative estimate of drug-likeness (QED) is 0.421. The van der Waals surface area contributed by atoms with E-state index in [-0.39, 0.29) is 0 Å². The fourth-order valence-corrected chi connectivity index (χ4v) is 3.84. The first kappa shape index (κ1) is 22.1. The zero-order valence-corrected chi connectivity index (χ0v) is 19.9. The monoisotopic (exact) mass is 376 g/mol. The number of fused-ring (bicyclic) bond motifs is 1. The number of nitrogens with zero attached hydrogens (tertiary/aromatic N) is 2. The Balaban J connectivity index is 0.000000221. The van der Waals surface area contributed by atoms with E-state index in [0.717, 1.165) is 17.1 Å². The fraction of sp³-hybridized carbons (Fsp3) is 0.462. The van der Waals surface area contributed by atoms with Gasteiger partial charge in [0.1, 0.15) is 0 Å². The van der Waals surface area contributed by atoms with Crippen LogP contribution in [0.25, 0.3) is 10.9 Å². The van der Waals surface area contributed by atoms with Gasteiger partial charge in [0.25, 0.3) is 0 Å². The first-order valence-electron chi connectivity index (χ1n) is 10.1. The number of hydrogen-bond donors (Lipinski definition) is 0. The van der Waals surface area contributed by atoms with Crippen molar-refractivity contribution in [3.8, 4) is 0 Å². The molecule has 0 aliphatic rings. The molecule has 0 saturated carbocycles. The highest BCUT2D eigenvalue weighted by molar-refractivity contribution is 5.91. The van der Waals surface area contributed by atoms with Crippen molar-refractivity contribution in [2.45, 2.75) is 83.1 Å². The second kappa shape index (κ2) is 8.03. The Labute approximate surface area is 171 Å². The summed E-state index contributed by atoms with van der Waals surface area (Å²) < 4.78 is 0. The summed E-state index contributed by atoms with van der Waals surface area (Å²) in [5, 5.41) is 1.36. The third kappa shape index (κ3) is 3.70. The van der Waals surface area contributed by atoms with Crippen LogP contribution in [0.5, 0.6) is 0 Å². The summed E-state index contributed by atoms with van der Waals surface area (Å²) in [6.45, 7) is 25.8. The SMILES string of the molecule is Cc1nc(C)c(C)c(C)c1C.Cc1nc2c(C)c(C)c(C)c(C)c2c(C)c1C. The number of aryl methyl sites for hydroxylation is 6. The predicted molar refractivity (Wildman–Crippen MR) is 123 cm³/mol. The Morgan fingerprint density at radius 1 is 0.321 bits per heavy atom. The van der Waals surface area contributed by atoms with Gasteiger partial charge in [-0.2, -0.15) is 0 Å².